The van der Waals surface area contributed by atoms with Gasteiger partial charge in [-0.3, -0.25) is 0 Å². The van der Waals surface area contributed by atoms with Gasteiger partial charge in [0.25, 0.3) is 0 Å². The summed E-state index contributed by atoms with van der Waals surface area (Å²) in [6.45, 7) is 2.83. The number of guanidine groups is 1. The number of morpholine rings is 1. The number of ether oxygens (including phenoxy) is 2. The lowest BCUT2D eigenvalue weighted by Gasteiger charge is -2.26. The molecule has 0 amide bonds. The van der Waals surface area contributed by atoms with Crippen LogP contribution >= 0.6 is 0 Å². The molecule has 12 nitrogen and oxygen atoms in total. The van der Waals surface area contributed by atoms with Crippen molar-refractivity contribution in [2.45, 2.75) is 23.1 Å². The molecule has 4 N–H and O–H groups in total. The van der Waals surface area contributed by atoms with Gasteiger partial charge in [-0.15, -0.1) is 0 Å². The predicted octanol–water partition coefficient (Wildman–Crippen LogP) is 0.758. The summed E-state index contributed by atoms with van der Waals surface area (Å²) in [5.41, 5.74) is 10.8. The second-order valence-electron chi connectivity index (χ2n) is 7.43. The molecule has 0 unspecified atom stereocenters. The van der Waals surface area contributed by atoms with Crippen molar-refractivity contribution >= 4 is 26.1 Å². The van der Waals surface area contributed by atoms with E-state index in [-0.39, 0.29) is 56.1 Å². The van der Waals surface area contributed by atoms with E-state index in [4.69, 9.17) is 30.0 Å². The molecular formula is C21H28N4O8S2. The van der Waals surface area contributed by atoms with E-state index in [0.29, 0.717) is 17.7 Å². The van der Waals surface area contributed by atoms with Crippen LogP contribution in [0.3, 0.4) is 0 Å². The Labute approximate surface area is 204 Å². The van der Waals surface area contributed by atoms with Gasteiger partial charge in [-0.05, 0) is 36.3 Å². The smallest absolute Gasteiger partial charge is 0.340 e. The van der Waals surface area contributed by atoms with Crippen LogP contribution in [0.25, 0.3) is 0 Å². The summed E-state index contributed by atoms with van der Waals surface area (Å²) in [4.78, 5) is 4.07. The Hall–Kier alpha value is -3.07. The average Bonchev–Trinajstić information content (AvgIpc) is 2.83. The van der Waals surface area contributed by atoms with E-state index >= 15 is 0 Å². The first-order valence-corrected chi connectivity index (χ1v) is 13.5. The molecule has 0 saturated carbocycles. The highest BCUT2D eigenvalue weighted by Crippen LogP contribution is 2.32. The van der Waals surface area contributed by atoms with Gasteiger partial charge >= 0.3 is 10.1 Å². The Morgan fingerprint density at radius 2 is 1.63 bits per heavy atom. The van der Waals surface area contributed by atoms with Crippen LogP contribution < -0.4 is 20.4 Å². The Morgan fingerprint density at radius 3 is 2.31 bits per heavy atom. The van der Waals surface area contributed by atoms with Gasteiger partial charge in [0.1, 0.15) is 27.9 Å². The highest BCUT2D eigenvalue weighted by molar-refractivity contribution is 7.91. The van der Waals surface area contributed by atoms with Crippen molar-refractivity contribution in [1.29, 1.82) is 0 Å². The van der Waals surface area contributed by atoms with Gasteiger partial charge in [-0.25, -0.2) is 8.42 Å². The largest absolute Gasteiger partial charge is 0.493 e. The molecule has 14 heteroatoms. The highest BCUT2D eigenvalue weighted by Gasteiger charge is 2.33. The van der Waals surface area contributed by atoms with E-state index in [2.05, 4.69) is 5.16 Å². The third-order valence-corrected chi connectivity index (χ3v) is 8.33. The van der Waals surface area contributed by atoms with Crippen LogP contribution in [0.2, 0.25) is 0 Å². The zero-order valence-electron chi connectivity index (χ0n) is 19.1. The fourth-order valence-electron chi connectivity index (χ4n) is 3.23. The van der Waals surface area contributed by atoms with Gasteiger partial charge in [-0.1, -0.05) is 18.2 Å². The molecule has 0 aliphatic carbocycles. The SMILES string of the molecule is Cc1c(OCCCON=C(N)N)cccc1OS(=O)(=O)c1ccccc1S(=O)(=O)N1CCOCC1. The minimum atomic E-state index is -4.50. The monoisotopic (exact) mass is 528 g/mol. The van der Waals surface area contributed by atoms with E-state index in [0.717, 1.165) is 0 Å². The number of hydrogen-bond donors (Lipinski definition) is 2. The fraction of sp³-hybridized carbons (Fsp3) is 0.381. The Balaban J connectivity index is 1.78. The van der Waals surface area contributed by atoms with Crippen LogP contribution in [0.5, 0.6) is 11.5 Å². The first-order valence-electron chi connectivity index (χ1n) is 10.7. The molecule has 2 aromatic rings. The summed E-state index contributed by atoms with van der Waals surface area (Å²) in [6, 6.07) is 10.0. The van der Waals surface area contributed by atoms with Crippen LogP contribution in [0.1, 0.15) is 12.0 Å². The van der Waals surface area contributed by atoms with E-state index in [1.807, 2.05) is 0 Å². The summed E-state index contributed by atoms with van der Waals surface area (Å²) in [7, 11) is -8.58. The molecule has 1 aliphatic heterocycles. The molecule has 0 bridgehead atoms. The van der Waals surface area contributed by atoms with E-state index in [1.54, 1.807) is 19.1 Å². The molecule has 0 radical (unpaired) electrons. The van der Waals surface area contributed by atoms with Crippen LogP contribution in [0.4, 0.5) is 0 Å². The predicted molar refractivity (Wildman–Crippen MR) is 127 cm³/mol. The van der Waals surface area contributed by atoms with Crippen molar-refractivity contribution in [2.75, 3.05) is 39.5 Å². The molecule has 3 rings (SSSR count). The average molecular weight is 529 g/mol. The summed E-state index contributed by atoms with van der Waals surface area (Å²) in [5.74, 6) is 0.221. The van der Waals surface area contributed by atoms with Gasteiger partial charge in [0.05, 0.1) is 19.8 Å². The van der Waals surface area contributed by atoms with Crippen LogP contribution in [-0.4, -0.2) is 66.6 Å². The second kappa shape index (κ2) is 11.6. The quantitative estimate of drug-likeness (QED) is 0.139. The number of oxime groups is 1. The molecule has 2 aromatic carbocycles. The molecule has 0 atom stereocenters. The maximum atomic E-state index is 13.2. The lowest BCUT2D eigenvalue weighted by molar-refractivity contribution is 0.0729. The maximum absolute atomic E-state index is 13.2. The molecule has 1 fully saturated rings. The van der Waals surface area contributed by atoms with E-state index in [9.17, 15) is 16.8 Å². The third-order valence-electron chi connectivity index (χ3n) is 4.95. The summed E-state index contributed by atoms with van der Waals surface area (Å²) in [5, 5.41) is 3.40. The number of hydrogen-bond acceptors (Lipinski definition) is 9. The molecule has 1 aliphatic rings. The summed E-state index contributed by atoms with van der Waals surface area (Å²) in [6.07, 6.45) is 0.465. The molecule has 0 aromatic heterocycles. The van der Waals surface area contributed by atoms with Crippen LogP contribution in [0.15, 0.2) is 57.4 Å². The van der Waals surface area contributed by atoms with Crippen molar-refractivity contribution in [3.8, 4) is 11.5 Å². The molecule has 1 heterocycles. The number of nitrogens with two attached hydrogens (primary N) is 2. The molecular weight excluding hydrogens is 500 g/mol. The molecule has 192 valence electrons. The lowest BCUT2D eigenvalue weighted by atomic mass is 10.2. The van der Waals surface area contributed by atoms with Gasteiger partial charge in [-0.2, -0.15) is 12.7 Å². The number of benzene rings is 2. The minimum Gasteiger partial charge on any atom is -0.493 e. The maximum Gasteiger partial charge on any atom is 0.340 e. The minimum absolute atomic E-state index is 0.0119. The normalized spacial score (nSPS) is 14.8. The molecule has 0 spiro atoms. The topological polar surface area (TPSA) is 173 Å². The highest BCUT2D eigenvalue weighted by atomic mass is 32.2. The van der Waals surface area contributed by atoms with Gasteiger partial charge in [0, 0.05) is 25.1 Å². The number of sulfonamides is 1. The molecule has 35 heavy (non-hydrogen) atoms. The van der Waals surface area contributed by atoms with Crippen LogP contribution in [0, 0.1) is 6.92 Å². The van der Waals surface area contributed by atoms with E-state index < -0.39 is 25.0 Å². The first kappa shape index (κ1) is 26.5. The molecule has 1 saturated heterocycles. The Morgan fingerprint density at radius 1 is 0.971 bits per heavy atom. The van der Waals surface area contributed by atoms with Gasteiger partial charge in [0.2, 0.25) is 16.0 Å². The van der Waals surface area contributed by atoms with Crippen molar-refractivity contribution in [3.63, 3.8) is 0 Å². The second-order valence-corrected chi connectivity index (χ2v) is 10.9. The summed E-state index contributed by atoms with van der Waals surface area (Å²) < 4.78 is 70.1. The van der Waals surface area contributed by atoms with Gasteiger partial charge < -0.3 is 30.0 Å². The number of rotatable bonds is 11. The van der Waals surface area contributed by atoms with Gasteiger partial charge in [0.15, 0.2) is 0 Å². The third kappa shape index (κ3) is 6.75. The summed E-state index contributed by atoms with van der Waals surface area (Å²) >= 11 is 0. The van der Waals surface area contributed by atoms with Crippen molar-refractivity contribution in [3.05, 3.63) is 48.0 Å². The van der Waals surface area contributed by atoms with Crippen molar-refractivity contribution in [2.24, 2.45) is 16.6 Å². The zero-order valence-corrected chi connectivity index (χ0v) is 20.8. The number of nitrogens with zero attached hydrogens (tertiary/aromatic N) is 2. The Kier molecular flexibility index (Phi) is 8.77. The Bertz CT molecular complexity index is 1260. The van der Waals surface area contributed by atoms with Crippen molar-refractivity contribution < 1.29 is 35.3 Å². The van der Waals surface area contributed by atoms with Crippen molar-refractivity contribution in [1.82, 2.24) is 4.31 Å². The zero-order chi connectivity index (χ0) is 25.5. The van der Waals surface area contributed by atoms with Crippen LogP contribution in [-0.2, 0) is 29.7 Å². The lowest BCUT2D eigenvalue weighted by Crippen LogP contribution is -2.41. The van der Waals surface area contributed by atoms with E-state index in [1.165, 1.54) is 34.6 Å². The standard InChI is InChI=1S/C21H28N4O8S2/c1-16-17(31-12-5-13-32-24-21(22)23)6-4-7-18(16)33-35(28,29)20-9-3-2-8-19(20)34(26,27)25-10-14-30-15-11-25/h2-4,6-9H,5,10-15H2,1H3,(H4,22,23,24). The first-order chi connectivity index (χ1) is 16.6. The fourth-order valence-corrected chi connectivity index (χ4v) is 6.39.